The molecule has 0 spiro atoms. The zero-order valence-electron chi connectivity index (χ0n) is 18.4. The van der Waals surface area contributed by atoms with E-state index < -0.39 is 5.97 Å². The number of carbonyl (C=O) groups excluding carboxylic acids is 2. The molecule has 4 rings (SSSR count). The topological polar surface area (TPSA) is 80.3 Å². The van der Waals surface area contributed by atoms with Crippen molar-refractivity contribution in [3.8, 4) is 28.7 Å². The molecule has 0 radical (unpaired) electrons. The molecular weight excluding hydrogens is 424 g/mol. The summed E-state index contributed by atoms with van der Waals surface area (Å²) in [6.45, 7) is 2.39. The highest BCUT2D eigenvalue weighted by molar-refractivity contribution is 6.14. The van der Waals surface area contributed by atoms with Crippen LogP contribution in [-0.2, 0) is 0 Å². The van der Waals surface area contributed by atoms with Gasteiger partial charge in [-0.15, -0.1) is 0 Å². The van der Waals surface area contributed by atoms with Crippen LogP contribution in [0.3, 0.4) is 0 Å². The van der Waals surface area contributed by atoms with Gasteiger partial charge in [-0.05, 0) is 43.3 Å². The molecule has 0 aliphatic carbocycles. The first-order chi connectivity index (χ1) is 16.0. The van der Waals surface area contributed by atoms with Crippen LogP contribution in [0.4, 0.5) is 0 Å². The number of ketones is 1. The number of allylic oxidation sites excluding steroid dienone is 1. The van der Waals surface area contributed by atoms with Crippen molar-refractivity contribution in [3.05, 3.63) is 83.1 Å². The van der Waals surface area contributed by atoms with Crippen LogP contribution >= 0.6 is 0 Å². The Morgan fingerprint density at radius 1 is 0.939 bits per heavy atom. The van der Waals surface area contributed by atoms with E-state index >= 15 is 0 Å². The number of hydrogen-bond donors (Lipinski definition) is 0. The number of methoxy groups -OCH3 is 2. The molecule has 0 atom stereocenters. The summed E-state index contributed by atoms with van der Waals surface area (Å²) in [5, 5.41) is 0. The van der Waals surface area contributed by atoms with Crippen LogP contribution in [0, 0.1) is 0 Å². The molecule has 0 saturated heterocycles. The molecular formula is C26H22O7. The third kappa shape index (κ3) is 4.39. The summed E-state index contributed by atoms with van der Waals surface area (Å²) in [4.78, 5) is 25.6. The van der Waals surface area contributed by atoms with E-state index in [2.05, 4.69) is 0 Å². The first kappa shape index (κ1) is 22.0. The van der Waals surface area contributed by atoms with E-state index in [1.807, 2.05) is 31.2 Å². The number of carbonyl (C=O) groups is 2. The Labute approximate surface area is 191 Å². The van der Waals surface area contributed by atoms with Gasteiger partial charge in [-0.25, -0.2) is 4.79 Å². The molecule has 3 aromatic carbocycles. The van der Waals surface area contributed by atoms with Crippen LogP contribution < -0.4 is 23.7 Å². The molecule has 7 heteroatoms. The average molecular weight is 446 g/mol. The van der Waals surface area contributed by atoms with E-state index in [9.17, 15) is 9.59 Å². The molecule has 1 aliphatic rings. The van der Waals surface area contributed by atoms with Crippen molar-refractivity contribution in [2.24, 2.45) is 0 Å². The van der Waals surface area contributed by atoms with Gasteiger partial charge in [0.1, 0.15) is 34.3 Å². The Bertz CT molecular complexity index is 1220. The van der Waals surface area contributed by atoms with E-state index in [-0.39, 0.29) is 22.9 Å². The third-order valence-electron chi connectivity index (χ3n) is 4.99. The van der Waals surface area contributed by atoms with Gasteiger partial charge in [-0.1, -0.05) is 24.3 Å². The molecule has 33 heavy (non-hydrogen) atoms. The average Bonchev–Trinajstić information content (AvgIpc) is 3.14. The van der Waals surface area contributed by atoms with Gasteiger partial charge < -0.3 is 23.7 Å². The van der Waals surface area contributed by atoms with Crippen molar-refractivity contribution >= 4 is 17.8 Å². The monoisotopic (exact) mass is 446 g/mol. The van der Waals surface area contributed by atoms with Crippen molar-refractivity contribution < 1.29 is 33.3 Å². The fraction of sp³-hybridized carbons (Fsp3) is 0.154. The molecule has 0 N–H and O–H groups in total. The van der Waals surface area contributed by atoms with Crippen LogP contribution in [0.1, 0.15) is 33.2 Å². The van der Waals surface area contributed by atoms with Crippen LogP contribution in [0.2, 0.25) is 0 Å². The Hall–Kier alpha value is -4.26. The number of hydrogen-bond acceptors (Lipinski definition) is 7. The van der Waals surface area contributed by atoms with Gasteiger partial charge in [0.15, 0.2) is 5.76 Å². The summed E-state index contributed by atoms with van der Waals surface area (Å²) in [5.41, 5.74) is 1.27. The number of Topliss-reactive ketones (excluding diaryl/α,β-unsaturated/α-hetero) is 1. The molecule has 7 nitrogen and oxygen atoms in total. The molecule has 0 amide bonds. The maximum atomic E-state index is 12.8. The molecule has 168 valence electrons. The quantitative estimate of drug-likeness (QED) is 0.289. The zero-order chi connectivity index (χ0) is 23.4. The van der Waals surface area contributed by atoms with Gasteiger partial charge in [0.25, 0.3) is 0 Å². The molecule has 0 fully saturated rings. The maximum absolute atomic E-state index is 12.8. The summed E-state index contributed by atoms with van der Waals surface area (Å²) in [5.74, 6) is 1.06. The first-order valence-electron chi connectivity index (χ1n) is 10.3. The van der Waals surface area contributed by atoms with Crippen molar-refractivity contribution in [2.45, 2.75) is 6.92 Å². The molecule has 0 bridgehead atoms. The van der Waals surface area contributed by atoms with Gasteiger partial charge >= 0.3 is 5.97 Å². The predicted octanol–water partition coefficient (Wildman–Crippen LogP) is 4.94. The fourth-order valence-electron chi connectivity index (χ4n) is 3.47. The summed E-state index contributed by atoms with van der Waals surface area (Å²) in [7, 11) is 2.91. The lowest BCUT2D eigenvalue weighted by Gasteiger charge is -2.12. The molecule has 1 aliphatic heterocycles. The first-order valence-corrected chi connectivity index (χ1v) is 10.3. The number of esters is 1. The highest BCUT2D eigenvalue weighted by atomic mass is 16.5. The van der Waals surface area contributed by atoms with Crippen LogP contribution in [-0.4, -0.2) is 32.6 Å². The highest BCUT2D eigenvalue weighted by Gasteiger charge is 2.29. The summed E-state index contributed by atoms with van der Waals surface area (Å²) in [6.07, 6.45) is 1.64. The SMILES string of the molecule is CCOc1ccccc1/C=C1\Oc2cc(OC(=O)c3c(OC)cccc3OC)ccc2C1=O. The zero-order valence-corrected chi connectivity index (χ0v) is 18.4. The lowest BCUT2D eigenvalue weighted by molar-refractivity contribution is 0.0727. The Kier molecular flexibility index (Phi) is 6.31. The van der Waals surface area contributed by atoms with Crippen molar-refractivity contribution in [2.75, 3.05) is 20.8 Å². The lowest BCUT2D eigenvalue weighted by atomic mass is 10.1. The molecule has 0 aromatic heterocycles. The smallest absolute Gasteiger partial charge is 0.351 e. The van der Waals surface area contributed by atoms with E-state index in [4.69, 9.17) is 23.7 Å². The highest BCUT2D eigenvalue weighted by Crippen LogP contribution is 2.37. The number of benzene rings is 3. The van der Waals surface area contributed by atoms with Gasteiger partial charge in [0.2, 0.25) is 5.78 Å². The maximum Gasteiger partial charge on any atom is 0.351 e. The van der Waals surface area contributed by atoms with Crippen LogP contribution in [0.15, 0.2) is 66.4 Å². The minimum absolute atomic E-state index is 0.159. The third-order valence-corrected chi connectivity index (χ3v) is 4.99. The minimum atomic E-state index is -0.657. The fourth-order valence-corrected chi connectivity index (χ4v) is 3.47. The van der Waals surface area contributed by atoms with Crippen molar-refractivity contribution in [1.82, 2.24) is 0 Å². The van der Waals surface area contributed by atoms with Gasteiger partial charge in [0, 0.05) is 11.6 Å². The second-order valence-corrected chi connectivity index (χ2v) is 7.00. The molecule has 3 aromatic rings. The van der Waals surface area contributed by atoms with Crippen molar-refractivity contribution in [1.29, 1.82) is 0 Å². The Morgan fingerprint density at radius 3 is 2.33 bits per heavy atom. The second kappa shape index (κ2) is 9.48. The summed E-state index contributed by atoms with van der Waals surface area (Å²) >= 11 is 0. The Balaban J connectivity index is 1.59. The van der Waals surface area contributed by atoms with Gasteiger partial charge in [-0.3, -0.25) is 4.79 Å². The predicted molar refractivity (Wildman–Crippen MR) is 121 cm³/mol. The number of para-hydroxylation sites is 1. The summed E-state index contributed by atoms with van der Waals surface area (Å²) < 4.78 is 27.5. The number of fused-ring (bicyclic) bond motifs is 1. The van der Waals surface area contributed by atoms with Gasteiger partial charge in [0.05, 0.1) is 26.4 Å². The van der Waals surface area contributed by atoms with E-state index in [1.165, 1.54) is 26.4 Å². The number of ether oxygens (including phenoxy) is 5. The standard InChI is InChI=1S/C26H22O7/c1-4-31-19-9-6-5-8-16(19)14-23-25(27)18-13-12-17(15-22(18)33-23)32-26(28)24-20(29-2)10-7-11-21(24)30-3/h5-15H,4H2,1-3H3/b23-14-. The second-order valence-electron chi connectivity index (χ2n) is 7.00. The molecule has 0 saturated carbocycles. The van der Waals surface area contributed by atoms with E-state index in [1.54, 1.807) is 30.3 Å². The van der Waals surface area contributed by atoms with Crippen molar-refractivity contribution in [3.63, 3.8) is 0 Å². The lowest BCUT2D eigenvalue weighted by Crippen LogP contribution is -2.12. The minimum Gasteiger partial charge on any atom is -0.496 e. The Morgan fingerprint density at radius 2 is 1.64 bits per heavy atom. The van der Waals surface area contributed by atoms with E-state index in [0.29, 0.717) is 35.2 Å². The largest absolute Gasteiger partial charge is 0.496 e. The molecule has 1 heterocycles. The van der Waals surface area contributed by atoms with Gasteiger partial charge in [-0.2, -0.15) is 0 Å². The van der Waals surface area contributed by atoms with E-state index in [0.717, 1.165) is 5.56 Å². The normalized spacial score (nSPS) is 13.3. The number of rotatable bonds is 7. The summed E-state index contributed by atoms with van der Waals surface area (Å²) in [6, 6.07) is 17.0. The molecule has 0 unspecified atom stereocenters. The van der Waals surface area contributed by atoms with Crippen LogP contribution in [0.5, 0.6) is 28.7 Å². The van der Waals surface area contributed by atoms with Crippen LogP contribution in [0.25, 0.3) is 6.08 Å².